The Labute approximate surface area is 231 Å². The summed E-state index contributed by atoms with van der Waals surface area (Å²) in [5.41, 5.74) is 4.58. The Morgan fingerprint density at radius 1 is 0.949 bits per heavy atom. The molecule has 1 aromatic carbocycles. The molecular weight excluding hydrogens is 486 g/mol. The molecule has 5 nitrogen and oxygen atoms in total. The summed E-state index contributed by atoms with van der Waals surface area (Å²) in [4.78, 5) is 41.5. The van der Waals surface area contributed by atoms with E-state index in [1.807, 2.05) is 24.3 Å². The molecule has 12 atom stereocenters. The second kappa shape index (κ2) is 8.41. The third-order valence-electron chi connectivity index (χ3n) is 11.9. The van der Waals surface area contributed by atoms with Crippen molar-refractivity contribution >= 4 is 17.6 Å². The number of Topliss-reactive ketones (excluding diaryl/α,β-unsaturated/α-hetero) is 1. The van der Waals surface area contributed by atoms with Gasteiger partial charge in [-0.1, -0.05) is 62.6 Å². The Balaban J connectivity index is 1.49. The van der Waals surface area contributed by atoms with E-state index in [9.17, 15) is 9.59 Å². The molecule has 206 valence electrons. The predicted octanol–water partition coefficient (Wildman–Crippen LogP) is 5.54. The van der Waals surface area contributed by atoms with Crippen LogP contribution in [0.4, 0.5) is 0 Å². The zero-order valence-electron chi connectivity index (χ0n) is 24.0. The van der Waals surface area contributed by atoms with Crippen molar-refractivity contribution in [3.63, 3.8) is 0 Å². The van der Waals surface area contributed by atoms with Crippen LogP contribution in [0.2, 0.25) is 0 Å². The fourth-order valence-electron chi connectivity index (χ4n) is 10.7. The molecule has 8 rings (SSSR count). The van der Waals surface area contributed by atoms with Crippen LogP contribution in [0.1, 0.15) is 59.9 Å². The fraction of sp³-hybridized carbons (Fsp3) is 0.618. The Morgan fingerprint density at radius 2 is 1.67 bits per heavy atom. The molecular formula is C34H41NO4. The minimum absolute atomic E-state index is 0.0356. The average Bonchev–Trinajstić information content (AvgIpc) is 3.40. The van der Waals surface area contributed by atoms with Crippen LogP contribution < -0.4 is 10.1 Å². The van der Waals surface area contributed by atoms with Crippen molar-refractivity contribution in [2.75, 3.05) is 0 Å². The standard InChI is InChI=1S/C34H41NO4/c1-15-11-16(2)24-22(12-15)25-19(5)28-18(4)17(3)14-34(28,6)29-27(25)31(24)39-21-9-7-20(8-10-21)13-23-26(30(29)36)33(38)35-32(23)37/h7-10,14-16,18,22-27,29,31H,11-13H2,1-6H3,(H,35,37,38)/t15-,16+,18-,22-,23-,24-,25-,26+,27+,29+,31-,34-/m0/s1. The minimum Gasteiger partial charge on any atom is -0.490 e. The van der Waals surface area contributed by atoms with Crippen molar-refractivity contribution in [2.45, 2.75) is 66.9 Å². The number of carbonyl (C=O) groups is 3. The Bertz CT molecular complexity index is 1340. The topological polar surface area (TPSA) is 72.5 Å². The van der Waals surface area contributed by atoms with Gasteiger partial charge in [-0.25, -0.2) is 0 Å². The zero-order valence-corrected chi connectivity index (χ0v) is 24.0. The summed E-state index contributed by atoms with van der Waals surface area (Å²) < 4.78 is 7.02. The lowest BCUT2D eigenvalue weighted by molar-refractivity contribution is -0.141. The van der Waals surface area contributed by atoms with Gasteiger partial charge in [-0.05, 0) is 80.4 Å². The first kappa shape index (κ1) is 25.3. The van der Waals surface area contributed by atoms with Gasteiger partial charge in [-0.15, -0.1) is 0 Å². The molecule has 3 heterocycles. The van der Waals surface area contributed by atoms with Gasteiger partial charge in [0.05, 0.1) is 5.92 Å². The molecule has 1 N–H and O–H groups in total. The SMILES string of the molecule is CC1=C[C@@]2(C)C(=C(C)[C@H]3[C@H]4C[C@@H](C)C[C@@H](C)[C@@H]4[C@@H]4Oc5ccc(cc5)C[C@@H]5C(=O)NC(=O)[C@H]5C(=O)[C@H]2[C@H]43)[C@H]1C. The Hall–Kier alpha value is -2.69. The molecule has 0 spiro atoms. The molecule has 5 heteroatoms. The predicted molar refractivity (Wildman–Crippen MR) is 148 cm³/mol. The summed E-state index contributed by atoms with van der Waals surface area (Å²) in [5, 5.41) is 2.55. The molecule has 7 aliphatic rings. The van der Waals surface area contributed by atoms with Gasteiger partial charge < -0.3 is 4.74 Å². The number of ketones is 1. The molecule has 2 saturated carbocycles. The van der Waals surface area contributed by atoms with Gasteiger partial charge >= 0.3 is 0 Å². The monoisotopic (exact) mass is 527 g/mol. The van der Waals surface area contributed by atoms with Gasteiger partial charge in [0, 0.05) is 23.2 Å². The van der Waals surface area contributed by atoms with Crippen molar-refractivity contribution < 1.29 is 19.1 Å². The number of rotatable bonds is 0. The highest BCUT2D eigenvalue weighted by atomic mass is 16.5. The van der Waals surface area contributed by atoms with Crippen LogP contribution in [0.15, 0.2) is 47.1 Å². The molecule has 2 bridgehead atoms. The second-order valence-electron chi connectivity index (χ2n) is 14.1. The van der Waals surface area contributed by atoms with Gasteiger partial charge in [0.15, 0.2) is 5.78 Å². The lowest BCUT2D eigenvalue weighted by Crippen LogP contribution is -2.52. The molecule has 0 unspecified atom stereocenters. The van der Waals surface area contributed by atoms with E-state index in [-0.39, 0.29) is 35.5 Å². The van der Waals surface area contributed by atoms with E-state index in [1.54, 1.807) is 0 Å². The molecule has 4 aliphatic carbocycles. The van der Waals surface area contributed by atoms with Gasteiger partial charge in [0.1, 0.15) is 17.8 Å². The number of hydrogen-bond acceptors (Lipinski definition) is 4. The normalized spacial score (nSPS) is 46.4. The zero-order chi connectivity index (χ0) is 27.5. The van der Waals surface area contributed by atoms with Crippen LogP contribution in [0.5, 0.6) is 5.75 Å². The van der Waals surface area contributed by atoms with Crippen LogP contribution in [-0.4, -0.2) is 23.7 Å². The molecule has 3 fully saturated rings. The van der Waals surface area contributed by atoms with Crippen LogP contribution >= 0.6 is 0 Å². The number of ether oxygens (including phenoxy) is 1. The maximum atomic E-state index is 15.0. The lowest BCUT2D eigenvalue weighted by atomic mass is 9.53. The highest BCUT2D eigenvalue weighted by molar-refractivity contribution is 6.16. The van der Waals surface area contributed by atoms with Crippen LogP contribution in [0.25, 0.3) is 0 Å². The smallest absolute Gasteiger partial charge is 0.237 e. The lowest BCUT2D eigenvalue weighted by Gasteiger charge is -2.49. The van der Waals surface area contributed by atoms with Crippen LogP contribution in [-0.2, 0) is 20.8 Å². The number of carbonyl (C=O) groups excluding carboxylic acids is 3. The third-order valence-corrected chi connectivity index (χ3v) is 11.9. The number of fused-ring (bicyclic) bond motifs is 5. The number of allylic oxidation sites excluding steroid dienone is 4. The maximum absolute atomic E-state index is 15.0. The van der Waals surface area contributed by atoms with E-state index < -0.39 is 29.1 Å². The molecule has 3 aliphatic heterocycles. The van der Waals surface area contributed by atoms with E-state index >= 15 is 4.79 Å². The fourth-order valence-corrected chi connectivity index (χ4v) is 10.7. The summed E-state index contributed by atoms with van der Waals surface area (Å²) in [5.74, 6) is 0.416. The van der Waals surface area contributed by atoms with Gasteiger partial charge in [0.25, 0.3) is 0 Å². The number of benzene rings is 1. The van der Waals surface area contributed by atoms with E-state index in [4.69, 9.17) is 4.74 Å². The first-order valence-electron chi connectivity index (χ1n) is 15.1. The summed E-state index contributed by atoms with van der Waals surface area (Å²) in [7, 11) is 0. The number of amides is 2. The van der Waals surface area contributed by atoms with Crippen molar-refractivity contribution in [3.05, 3.63) is 52.6 Å². The van der Waals surface area contributed by atoms with Gasteiger partial charge in [-0.2, -0.15) is 0 Å². The molecule has 2 amide bonds. The molecule has 1 aromatic rings. The number of nitrogens with one attached hydrogen (secondary N) is 1. The first-order valence-corrected chi connectivity index (χ1v) is 15.1. The van der Waals surface area contributed by atoms with Crippen molar-refractivity contribution in [3.8, 4) is 5.75 Å². The van der Waals surface area contributed by atoms with Crippen molar-refractivity contribution in [1.29, 1.82) is 0 Å². The van der Waals surface area contributed by atoms with E-state index in [0.29, 0.717) is 30.1 Å². The van der Waals surface area contributed by atoms with Gasteiger partial charge in [-0.3, -0.25) is 19.7 Å². The summed E-state index contributed by atoms with van der Waals surface area (Å²) in [6.45, 7) is 13.8. The third kappa shape index (κ3) is 3.34. The minimum atomic E-state index is -0.956. The first-order chi connectivity index (χ1) is 18.5. The largest absolute Gasteiger partial charge is 0.490 e. The molecule has 0 aromatic heterocycles. The van der Waals surface area contributed by atoms with E-state index in [0.717, 1.165) is 17.7 Å². The Morgan fingerprint density at radius 3 is 2.38 bits per heavy atom. The van der Waals surface area contributed by atoms with E-state index in [2.05, 4.69) is 52.9 Å². The quantitative estimate of drug-likeness (QED) is 0.273. The van der Waals surface area contributed by atoms with Crippen molar-refractivity contribution in [1.82, 2.24) is 5.32 Å². The maximum Gasteiger partial charge on any atom is 0.237 e. The summed E-state index contributed by atoms with van der Waals surface area (Å²) >= 11 is 0. The highest BCUT2D eigenvalue weighted by Gasteiger charge is 2.67. The molecule has 39 heavy (non-hydrogen) atoms. The second-order valence-corrected chi connectivity index (χ2v) is 14.1. The average molecular weight is 528 g/mol. The molecule has 1 saturated heterocycles. The van der Waals surface area contributed by atoms with Crippen LogP contribution in [0.3, 0.4) is 0 Å². The molecule has 0 radical (unpaired) electrons. The summed E-state index contributed by atoms with van der Waals surface area (Å²) in [6, 6.07) is 8.05. The summed E-state index contributed by atoms with van der Waals surface area (Å²) in [6.07, 6.45) is 4.90. The number of hydrogen-bond donors (Lipinski definition) is 1. The highest BCUT2D eigenvalue weighted by Crippen LogP contribution is 2.67. The Kier molecular flexibility index (Phi) is 5.45. The van der Waals surface area contributed by atoms with Gasteiger partial charge in [0.2, 0.25) is 11.8 Å². The van der Waals surface area contributed by atoms with E-state index in [1.165, 1.54) is 23.1 Å². The van der Waals surface area contributed by atoms with Crippen molar-refractivity contribution in [2.24, 2.45) is 64.6 Å². The van der Waals surface area contributed by atoms with Crippen LogP contribution in [0, 0.1) is 64.6 Å². The number of imide groups is 1.